The van der Waals surface area contributed by atoms with Gasteiger partial charge in [-0.15, -0.1) is 0 Å². The van der Waals surface area contributed by atoms with Crippen LogP contribution in [0.2, 0.25) is 0 Å². The van der Waals surface area contributed by atoms with Crippen LogP contribution >= 0.6 is 0 Å². The Balaban J connectivity index is 1.23. The smallest absolute Gasteiger partial charge is 0.267 e. The van der Waals surface area contributed by atoms with Crippen LogP contribution < -0.4 is 10.5 Å². The monoisotopic (exact) mass is 379 g/mol. The lowest BCUT2D eigenvalue weighted by Crippen LogP contribution is -2.48. The molecule has 0 atom stereocenters. The summed E-state index contributed by atoms with van der Waals surface area (Å²) in [5.41, 5.74) is 4.19. The molecule has 28 heavy (non-hydrogen) atoms. The summed E-state index contributed by atoms with van der Waals surface area (Å²) in [6.07, 6.45) is 4.91. The molecule has 1 aliphatic heterocycles. The van der Waals surface area contributed by atoms with Crippen molar-refractivity contribution in [2.75, 3.05) is 37.6 Å². The average molecular weight is 379 g/mol. The minimum Gasteiger partial charge on any atom is -0.354 e. The second-order valence-corrected chi connectivity index (χ2v) is 7.72. The fraction of sp³-hybridized carbons (Fsp3) is 0.500. The lowest BCUT2D eigenvalue weighted by atomic mass is 10.2. The van der Waals surface area contributed by atoms with Crippen molar-refractivity contribution >= 4 is 11.5 Å². The highest BCUT2D eigenvalue weighted by Crippen LogP contribution is 2.19. The molecule has 3 aromatic heterocycles. The second kappa shape index (κ2) is 7.01. The van der Waals surface area contributed by atoms with E-state index < -0.39 is 0 Å². The van der Waals surface area contributed by atoms with Gasteiger partial charge in [0.25, 0.3) is 5.56 Å². The Morgan fingerprint density at radius 3 is 2.79 bits per heavy atom. The van der Waals surface area contributed by atoms with Gasteiger partial charge in [-0.05, 0) is 31.7 Å². The predicted octanol–water partition coefficient (Wildman–Crippen LogP) is 0.905. The molecule has 0 bridgehead atoms. The third-order valence-electron chi connectivity index (χ3n) is 5.82. The SMILES string of the molecule is Cc1cc(N2CCN(CCn3nc4c(cc3=O)CCC4)CC2)n2nccc2n1. The van der Waals surface area contributed by atoms with Gasteiger partial charge in [-0.3, -0.25) is 9.69 Å². The Labute approximate surface area is 163 Å². The lowest BCUT2D eigenvalue weighted by molar-refractivity contribution is 0.241. The van der Waals surface area contributed by atoms with Gasteiger partial charge in [-0.25, -0.2) is 9.67 Å². The first-order chi connectivity index (χ1) is 13.7. The summed E-state index contributed by atoms with van der Waals surface area (Å²) in [7, 11) is 0. The molecule has 0 unspecified atom stereocenters. The lowest BCUT2D eigenvalue weighted by Gasteiger charge is -2.36. The first kappa shape index (κ1) is 17.4. The van der Waals surface area contributed by atoms with Crippen LogP contribution in [-0.2, 0) is 19.4 Å². The number of anilines is 1. The highest BCUT2D eigenvalue weighted by Gasteiger charge is 2.20. The molecule has 146 valence electrons. The molecule has 1 fully saturated rings. The highest BCUT2D eigenvalue weighted by atomic mass is 16.1. The first-order valence-electron chi connectivity index (χ1n) is 10.1. The molecule has 0 aromatic carbocycles. The molecular weight excluding hydrogens is 354 g/mol. The van der Waals surface area contributed by atoms with Gasteiger partial charge in [0.1, 0.15) is 5.82 Å². The number of hydrogen-bond donors (Lipinski definition) is 0. The molecule has 8 heteroatoms. The Bertz CT molecular complexity index is 1060. The molecule has 0 amide bonds. The molecule has 1 saturated heterocycles. The number of nitrogens with zero attached hydrogens (tertiary/aromatic N) is 7. The van der Waals surface area contributed by atoms with E-state index in [0.717, 1.165) is 80.4 Å². The fourth-order valence-electron chi connectivity index (χ4n) is 4.28. The largest absolute Gasteiger partial charge is 0.354 e. The van der Waals surface area contributed by atoms with E-state index in [0.29, 0.717) is 6.54 Å². The maximum absolute atomic E-state index is 12.3. The van der Waals surface area contributed by atoms with Gasteiger partial charge in [0.15, 0.2) is 5.65 Å². The number of fused-ring (bicyclic) bond motifs is 2. The van der Waals surface area contributed by atoms with E-state index in [2.05, 4.69) is 31.0 Å². The van der Waals surface area contributed by atoms with Gasteiger partial charge in [-0.1, -0.05) is 0 Å². The van der Waals surface area contributed by atoms with E-state index in [4.69, 9.17) is 0 Å². The van der Waals surface area contributed by atoms with E-state index in [1.54, 1.807) is 16.9 Å². The molecule has 0 N–H and O–H groups in total. The average Bonchev–Trinajstić information content (AvgIpc) is 3.34. The van der Waals surface area contributed by atoms with Crippen LogP contribution in [-0.4, -0.2) is 62.0 Å². The third-order valence-corrected chi connectivity index (χ3v) is 5.82. The van der Waals surface area contributed by atoms with Crippen LogP contribution in [0.3, 0.4) is 0 Å². The minimum atomic E-state index is 0.0348. The molecule has 0 saturated carbocycles. The summed E-state index contributed by atoms with van der Waals surface area (Å²) in [6.45, 7) is 7.33. The third kappa shape index (κ3) is 3.17. The van der Waals surface area contributed by atoms with Crippen LogP contribution in [0.4, 0.5) is 5.82 Å². The van der Waals surface area contributed by atoms with Crippen molar-refractivity contribution in [2.45, 2.75) is 32.7 Å². The van der Waals surface area contributed by atoms with Crippen molar-refractivity contribution in [2.24, 2.45) is 0 Å². The summed E-state index contributed by atoms with van der Waals surface area (Å²) in [6, 6.07) is 5.83. The quantitative estimate of drug-likeness (QED) is 0.671. The van der Waals surface area contributed by atoms with Gasteiger partial charge >= 0.3 is 0 Å². The van der Waals surface area contributed by atoms with E-state index >= 15 is 0 Å². The van der Waals surface area contributed by atoms with Gasteiger partial charge in [0, 0.05) is 56.6 Å². The first-order valence-corrected chi connectivity index (χ1v) is 10.1. The van der Waals surface area contributed by atoms with Crippen LogP contribution in [0.5, 0.6) is 0 Å². The number of piperazine rings is 1. The van der Waals surface area contributed by atoms with Crippen LogP contribution in [0.1, 0.15) is 23.4 Å². The Morgan fingerprint density at radius 2 is 1.93 bits per heavy atom. The molecule has 5 rings (SSSR count). The minimum absolute atomic E-state index is 0.0348. The van der Waals surface area contributed by atoms with E-state index in [9.17, 15) is 4.79 Å². The topological polar surface area (TPSA) is 71.6 Å². The predicted molar refractivity (Wildman–Crippen MR) is 107 cm³/mol. The normalized spacial score (nSPS) is 17.4. The van der Waals surface area contributed by atoms with Gasteiger partial charge in [-0.2, -0.15) is 14.7 Å². The van der Waals surface area contributed by atoms with Crippen LogP contribution in [0.25, 0.3) is 5.65 Å². The Hall–Kier alpha value is -2.74. The van der Waals surface area contributed by atoms with E-state index in [-0.39, 0.29) is 5.56 Å². The highest BCUT2D eigenvalue weighted by molar-refractivity contribution is 5.50. The van der Waals surface area contributed by atoms with Crippen molar-refractivity contribution in [1.29, 1.82) is 0 Å². The van der Waals surface area contributed by atoms with Crippen LogP contribution in [0, 0.1) is 6.92 Å². The summed E-state index contributed by atoms with van der Waals surface area (Å²) < 4.78 is 3.56. The Kier molecular flexibility index (Phi) is 4.35. The summed E-state index contributed by atoms with van der Waals surface area (Å²) in [5.74, 6) is 1.10. The number of hydrogen-bond acceptors (Lipinski definition) is 6. The number of aromatic nitrogens is 5. The maximum Gasteiger partial charge on any atom is 0.267 e. The van der Waals surface area contributed by atoms with Crippen molar-refractivity contribution in [3.8, 4) is 0 Å². The van der Waals surface area contributed by atoms with Crippen molar-refractivity contribution in [3.05, 3.63) is 51.7 Å². The molecule has 0 radical (unpaired) electrons. The number of rotatable bonds is 4. The molecular formula is C20H25N7O. The van der Waals surface area contributed by atoms with Crippen molar-refractivity contribution in [3.63, 3.8) is 0 Å². The fourth-order valence-corrected chi connectivity index (χ4v) is 4.28. The maximum atomic E-state index is 12.3. The van der Waals surface area contributed by atoms with E-state index in [1.165, 1.54) is 0 Å². The zero-order valence-corrected chi connectivity index (χ0v) is 16.2. The van der Waals surface area contributed by atoms with Gasteiger partial charge in [0.2, 0.25) is 0 Å². The van der Waals surface area contributed by atoms with Gasteiger partial charge < -0.3 is 4.90 Å². The molecule has 8 nitrogen and oxygen atoms in total. The second-order valence-electron chi connectivity index (χ2n) is 7.72. The Morgan fingerprint density at radius 1 is 1.07 bits per heavy atom. The van der Waals surface area contributed by atoms with Gasteiger partial charge in [0.05, 0.1) is 18.4 Å². The molecule has 0 spiro atoms. The summed E-state index contributed by atoms with van der Waals surface area (Å²) >= 11 is 0. The molecule has 4 heterocycles. The number of aryl methyl sites for hydroxylation is 3. The van der Waals surface area contributed by atoms with Crippen molar-refractivity contribution < 1.29 is 0 Å². The summed E-state index contributed by atoms with van der Waals surface area (Å²) in [4.78, 5) is 21.6. The molecule has 2 aliphatic rings. The zero-order valence-electron chi connectivity index (χ0n) is 16.2. The standard InChI is InChI=1S/C20H25N7O/c1-15-13-19(27-18(22-15)5-6-21-27)25-10-7-24(8-11-25)9-12-26-20(28)14-16-3-2-4-17(16)23-26/h5-6,13-14H,2-4,7-12H2,1H3. The summed E-state index contributed by atoms with van der Waals surface area (Å²) in [5, 5.41) is 9.01. The van der Waals surface area contributed by atoms with Crippen molar-refractivity contribution in [1.82, 2.24) is 29.3 Å². The van der Waals surface area contributed by atoms with E-state index in [1.807, 2.05) is 17.5 Å². The molecule has 1 aliphatic carbocycles. The molecule has 3 aromatic rings. The van der Waals surface area contributed by atoms with Crippen LogP contribution in [0.15, 0.2) is 29.2 Å². The zero-order chi connectivity index (χ0) is 19.1.